The summed E-state index contributed by atoms with van der Waals surface area (Å²) in [5.41, 5.74) is 1.93. The highest BCUT2D eigenvalue weighted by molar-refractivity contribution is 6.29. The van der Waals surface area contributed by atoms with Crippen molar-refractivity contribution in [3.63, 3.8) is 0 Å². The lowest BCUT2D eigenvalue weighted by Gasteiger charge is -2.07. The molecule has 96 valence electrons. The maximum Gasteiger partial charge on any atom is 0.204 e. The molecule has 0 aliphatic rings. The molecule has 0 aliphatic carbocycles. The fraction of sp³-hybridized carbons (Fsp3) is 0.0714. The molecule has 2 aromatic carbocycles. The van der Waals surface area contributed by atoms with Gasteiger partial charge in [0.1, 0.15) is 11.6 Å². The maximum absolute atomic E-state index is 13.7. The van der Waals surface area contributed by atoms with Crippen LogP contribution in [0.1, 0.15) is 5.56 Å². The van der Waals surface area contributed by atoms with Crippen LogP contribution in [0.15, 0.2) is 42.5 Å². The number of halogens is 3. The van der Waals surface area contributed by atoms with Crippen molar-refractivity contribution in [1.29, 1.82) is 0 Å². The smallest absolute Gasteiger partial charge is 0.204 e. The van der Waals surface area contributed by atoms with Gasteiger partial charge >= 0.3 is 0 Å². The minimum absolute atomic E-state index is 0.214. The van der Waals surface area contributed by atoms with Crippen LogP contribution in [0.4, 0.5) is 8.78 Å². The molecule has 5 heteroatoms. The molecule has 3 aromatic rings. The van der Waals surface area contributed by atoms with E-state index in [4.69, 9.17) is 11.6 Å². The number of para-hydroxylation sites is 2. The third kappa shape index (κ3) is 2.19. The van der Waals surface area contributed by atoms with Crippen molar-refractivity contribution < 1.29 is 8.78 Å². The summed E-state index contributed by atoms with van der Waals surface area (Å²) in [5, 5.41) is 0.282. The Morgan fingerprint density at radius 2 is 1.89 bits per heavy atom. The first kappa shape index (κ1) is 12.1. The van der Waals surface area contributed by atoms with E-state index in [0.29, 0.717) is 5.56 Å². The maximum atomic E-state index is 13.7. The zero-order chi connectivity index (χ0) is 13.4. The van der Waals surface area contributed by atoms with Crippen LogP contribution >= 0.6 is 11.6 Å². The first-order valence-corrected chi connectivity index (χ1v) is 6.07. The lowest BCUT2D eigenvalue weighted by molar-refractivity contribution is 0.567. The van der Waals surface area contributed by atoms with Gasteiger partial charge < -0.3 is 4.57 Å². The number of hydrogen-bond acceptors (Lipinski definition) is 1. The molecule has 0 unspecified atom stereocenters. The average Bonchev–Trinajstić information content (AvgIpc) is 2.69. The predicted molar refractivity (Wildman–Crippen MR) is 70.2 cm³/mol. The number of hydrogen-bond donors (Lipinski definition) is 0. The van der Waals surface area contributed by atoms with Gasteiger partial charge in [-0.1, -0.05) is 18.2 Å². The lowest BCUT2D eigenvalue weighted by atomic mass is 10.2. The van der Waals surface area contributed by atoms with Gasteiger partial charge in [0.2, 0.25) is 5.28 Å². The summed E-state index contributed by atoms with van der Waals surface area (Å²) in [4.78, 5) is 4.19. The molecular weight excluding hydrogens is 270 g/mol. The van der Waals surface area contributed by atoms with Crippen molar-refractivity contribution in [2.24, 2.45) is 0 Å². The van der Waals surface area contributed by atoms with Crippen molar-refractivity contribution >= 4 is 22.6 Å². The quantitative estimate of drug-likeness (QED) is 0.692. The van der Waals surface area contributed by atoms with Crippen LogP contribution in [0, 0.1) is 11.6 Å². The highest BCUT2D eigenvalue weighted by Gasteiger charge is 2.11. The topological polar surface area (TPSA) is 17.8 Å². The molecule has 0 atom stereocenters. The van der Waals surface area contributed by atoms with Crippen LogP contribution in [0.3, 0.4) is 0 Å². The number of nitrogens with zero attached hydrogens (tertiary/aromatic N) is 2. The molecular formula is C14H9ClF2N2. The molecule has 2 nitrogen and oxygen atoms in total. The number of fused-ring (bicyclic) bond motifs is 1. The van der Waals surface area contributed by atoms with Crippen LogP contribution in [-0.4, -0.2) is 9.55 Å². The molecule has 0 bridgehead atoms. The summed E-state index contributed by atoms with van der Waals surface area (Å²) in [6.07, 6.45) is 0. The fourth-order valence-electron chi connectivity index (χ4n) is 2.02. The molecule has 0 N–H and O–H groups in total. The second kappa shape index (κ2) is 4.63. The largest absolute Gasteiger partial charge is 0.310 e. The molecule has 0 radical (unpaired) electrons. The van der Waals surface area contributed by atoms with Crippen molar-refractivity contribution in [3.05, 3.63) is 64.9 Å². The van der Waals surface area contributed by atoms with E-state index in [1.807, 2.05) is 24.3 Å². The second-order valence-corrected chi connectivity index (χ2v) is 4.53. The van der Waals surface area contributed by atoms with Gasteiger partial charge in [-0.15, -0.1) is 0 Å². The number of imidazole rings is 1. The molecule has 19 heavy (non-hydrogen) atoms. The Balaban J connectivity index is 2.08. The molecule has 0 saturated heterocycles. The minimum atomic E-state index is -0.595. The molecule has 1 heterocycles. The van der Waals surface area contributed by atoms with Crippen molar-refractivity contribution in [2.45, 2.75) is 6.54 Å². The summed E-state index contributed by atoms with van der Waals surface area (Å²) in [7, 11) is 0. The van der Waals surface area contributed by atoms with Gasteiger partial charge in [0.15, 0.2) is 0 Å². The summed E-state index contributed by atoms with van der Waals surface area (Å²) in [6.45, 7) is 0.214. The molecule has 3 rings (SSSR count). The molecule has 0 amide bonds. The van der Waals surface area contributed by atoms with Crippen LogP contribution in [0.2, 0.25) is 5.28 Å². The SMILES string of the molecule is Fc1ccc(Cn2c(Cl)nc3ccccc32)c(F)c1. The fourth-order valence-corrected chi connectivity index (χ4v) is 2.26. The highest BCUT2D eigenvalue weighted by Crippen LogP contribution is 2.22. The van der Waals surface area contributed by atoms with Crippen LogP contribution in [0.5, 0.6) is 0 Å². The Morgan fingerprint density at radius 1 is 1.11 bits per heavy atom. The van der Waals surface area contributed by atoms with E-state index in [1.165, 1.54) is 12.1 Å². The van der Waals surface area contributed by atoms with Crippen LogP contribution in [0.25, 0.3) is 11.0 Å². The number of aromatic nitrogens is 2. The van der Waals surface area contributed by atoms with E-state index in [2.05, 4.69) is 4.98 Å². The number of benzene rings is 2. The van der Waals surface area contributed by atoms with Crippen molar-refractivity contribution in [1.82, 2.24) is 9.55 Å². The van der Waals surface area contributed by atoms with Gasteiger partial charge in [-0.3, -0.25) is 0 Å². The Bertz CT molecular complexity index is 752. The van der Waals surface area contributed by atoms with E-state index in [1.54, 1.807) is 4.57 Å². The Morgan fingerprint density at radius 3 is 2.68 bits per heavy atom. The first-order valence-electron chi connectivity index (χ1n) is 5.70. The van der Waals surface area contributed by atoms with E-state index < -0.39 is 11.6 Å². The Labute approximate surface area is 113 Å². The van der Waals surface area contributed by atoms with Gasteiger partial charge in [-0.2, -0.15) is 0 Å². The van der Waals surface area contributed by atoms with E-state index in [0.717, 1.165) is 17.1 Å². The van der Waals surface area contributed by atoms with Crippen molar-refractivity contribution in [2.75, 3.05) is 0 Å². The predicted octanol–water partition coefficient (Wildman–Crippen LogP) is 4.02. The monoisotopic (exact) mass is 278 g/mol. The Hall–Kier alpha value is -1.94. The van der Waals surface area contributed by atoms with Crippen LogP contribution in [-0.2, 0) is 6.54 Å². The molecule has 0 spiro atoms. The minimum Gasteiger partial charge on any atom is -0.310 e. The third-order valence-corrected chi connectivity index (χ3v) is 3.24. The van der Waals surface area contributed by atoms with Gasteiger partial charge in [-0.05, 0) is 29.8 Å². The van der Waals surface area contributed by atoms with Gasteiger partial charge in [-0.25, -0.2) is 13.8 Å². The molecule has 0 saturated carbocycles. The lowest BCUT2D eigenvalue weighted by Crippen LogP contribution is -2.02. The van der Waals surface area contributed by atoms with Gasteiger partial charge in [0.25, 0.3) is 0 Å². The van der Waals surface area contributed by atoms with Crippen molar-refractivity contribution in [3.8, 4) is 0 Å². The van der Waals surface area contributed by atoms with Gasteiger partial charge in [0, 0.05) is 11.6 Å². The molecule has 1 aromatic heterocycles. The zero-order valence-electron chi connectivity index (χ0n) is 9.78. The highest BCUT2D eigenvalue weighted by atomic mass is 35.5. The average molecular weight is 279 g/mol. The van der Waals surface area contributed by atoms with Gasteiger partial charge in [0.05, 0.1) is 17.6 Å². The molecule has 0 aliphatic heterocycles. The van der Waals surface area contributed by atoms with E-state index >= 15 is 0 Å². The third-order valence-electron chi connectivity index (χ3n) is 2.95. The Kier molecular flexibility index (Phi) is 2.95. The molecule has 0 fully saturated rings. The first-order chi connectivity index (χ1) is 9.15. The summed E-state index contributed by atoms with van der Waals surface area (Å²) in [5.74, 6) is -1.18. The second-order valence-electron chi connectivity index (χ2n) is 4.19. The summed E-state index contributed by atoms with van der Waals surface area (Å²) in [6, 6.07) is 10.9. The normalized spacial score (nSPS) is 11.1. The summed E-state index contributed by atoms with van der Waals surface area (Å²) >= 11 is 6.06. The van der Waals surface area contributed by atoms with E-state index in [-0.39, 0.29) is 11.8 Å². The van der Waals surface area contributed by atoms with Crippen LogP contribution < -0.4 is 0 Å². The zero-order valence-corrected chi connectivity index (χ0v) is 10.5. The standard InChI is InChI=1S/C14H9ClF2N2/c15-14-18-12-3-1-2-4-13(12)19(14)8-9-5-6-10(16)7-11(9)17/h1-7H,8H2. The number of rotatable bonds is 2. The summed E-state index contributed by atoms with van der Waals surface area (Å²) < 4.78 is 28.2. The van der Waals surface area contributed by atoms with E-state index in [9.17, 15) is 8.78 Å².